The minimum atomic E-state index is 0.822. The summed E-state index contributed by atoms with van der Waals surface area (Å²) in [5.41, 5.74) is 11.3. The minimum Gasteiger partial charge on any atom is -0.255 e. The fourth-order valence-electron chi connectivity index (χ4n) is 4.92. The molecule has 0 bridgehead atoms. The van der Waals surface area contributed by atoms with Gasteiger partial charge in [0, 0.05) is 37.2 Å². The van der Waals surface area contributed by atoms with Gasteiger partial charge in [0.15, 0.2) is 0 Å². The molecular formula is C36H24N6. The van der Waals surface area contributed by atoms with Crippen LogP contribution in [0.3, 0.4) is 0 Å². The normalized spacial score (nSPS) is 10.9. The lowest BCUT2D eigenvalue weighted by Crippen LogP contribution is -1.92. The van der Waals surface area contributed by atoms with E-state index < -0.39 is 0 Å². The maximum atomic E-state index is 4.59. The van der Waals surface area contributed by atoms with E-state index >= 15 is 0 Å². The Labute approximate surface area is 243 Å². The summed E-state index contributed by atoms with van der Waals surface area (Å²) in [7, 11) is 0. The monoisotopic (exact) mass is 540 g/mol. The van der Waals surface area contributed by atoms with Gasteiger partial charge < -0.3 is 0 Å². The zero-order chi connectivity index (χ0) is 28.1. The van der Waals surface area contributed by atoms with Crippen molar-refractivity contribution in [3.05, 3.63) is 146 Å². The van der Waals surface area contributed by atoms with Gasteiger partial charge in [0.1, 0.15) is 0 Å². The Bertz CT molecular complexity index is 1730. The van der Waals surface area contributed by atoms with E-state index in [2.05, 4.69) is 66.3 Å². The van der Waals surface area contributed by atoms with E-state index in [-0.39, 0.29) is 0 Å². The standard InChI is InChI=1S/C36H24N6/c1-4-13-37-31(7-1)34-22-25(10-16-40-34)28-19-29(26-11-17-41-35(23-26)32-8-2-5-14-38-32)21-30(20-28)27-12-18-42-36(24-27)33-9-3-6-15-39-33/h1-24H. The molecule has 42 heavy (non-hydrogen) atoms. The van der Waals surface area contributed by atoms with Crippen LogP contribution in [0.2, 0.25) is 0 Å². The third-order valence-electron chi connectivity index (χ3n) is 6.99. The molecule has 0 saturated heterocycles. The summed E-state index contributed by atoms with van der Waals surface area (Å²) in [5, 5.41) is 0. The summed E-state index contributed by atoms with van der Waals surface area (Å²) in [6.45, 7) is 0. The molecule has 6 heteroatoms. The van der Waals surface area contributed by atoms with Crippen LogP contribution < -0.4 is 0 Å². The van der Waals surface area contributed by atoms with Crippen LogP contribution in [-0.2, 0) is 0 Å². The predicted molar refractivity (Wildman–Crippen MR) is 166 cm³/mol. The van der Waals surface area contributed by atoms with Crippen LogP contribution in [0, 0.1) is 0 Å². The number of benzene rings is 1. The van der Waals surface area contributed by atoms with E-state index in [0.717, 1.165) is 67.5 Å². The first kappa shape index (κ1) is 25.1. The number of nitrogens with zero attached hydrogens (tertiary/aromatic N) is 6. The molecule has 0 fully saturated rings. The molecule has 0 aliphatic rings. The van der Waals surface area contributed by atoms with Gasteiger partial charge in [0.2, 0.25) is 0 Å². The zero-order valence-electron chi connectivity index (χ0n) is 22.5. The Morgan fingerprint density at radius 1 is 0.238 bits per heavy atom. The van der Waals surface area contributed by atoms with Crippen molar-refractivity contribution in [2.75, 3.05) is 0 Å². The van der Waals surface area contributed by atoms with Crippen molar-refractivity contribution in [2.45, 2.75) is 0 Å². The SMILES string of the molecule is c1ccc(-c2cc(-c3cc(-c4ccnc(-c5ccccn5)c4)cc(-c4ccnc(-c5ccccn5)c4)c3)ccn2)nc1. The van der Waals surface area contributed by atoms with Crippen LogP contribution in [0.25, 0.3) is 67.5 Å². The Hall–Kier alpha value is -5.88. The molecule has 7 aromatic rings. The summed E-state index contributed by atoms with van der Waals surface area (Å²) in [6.07, 6.45) is 10.9. The first-order chi connectivity index (χ1) is 20.8. The number of rotatable bonds is 6. The highest BCUT2D eigenvalue weighted by atomic mass is 14.8. The highest BCUT2D eigenvalue weighted by Gasteiger charge is 2.12. The zero-order valence-corrected chi connectivity index (χ0v) is 22.5. The molecule has 0 N–H and O–H groups in total. The number of hydrogen-bond acceptors (Lipinski definition) is 6. The first-order valence-electron chi connectivity index (χ1n) is 13.6. The van der Waals surface area contributed by atoms with E-state index in [1.165, 1.54) is 0 Å². The Morgan fingerprint density at radius 2 is 0.548 bits per heavy atom. The number of aromatic nitrogens is 6. The number of pyridine rings is 6. The summed E-state index contributed by atoms with van der Waals surface area (Å²) < 4.78 is 0. The number of hydrogen-bond donors (Lipinski definition) is 0. The molecule has 0 atom stereocenters. The van der Waals surface area contributed by atoms with Gasteiger partial charge in [0.25, 0.3) is 0 Å². The Morgan fingerprint density at radius 3 is 0.833 bits per heavy atom. The van der Waals surface area contributed by atoms with Gasteiger partial charge in [-0.05, 0) is 124 Å². The minimum absolute atomic E-state index is 0.822. The van der Waals surface area contributed by atoms with Crippen LogP contribution in [0.5, 0.6) is 0 Å². The van der Waals surface area contributed by atoms with Crippen molar-refractivity contribution in [2.24, 2.45) is 0 Å². The maximum absolute atomic E-state index is 4.59. The molecule has 6 heterocycles. The van der Waals surface area contributed by atoms with Crippen molar-refractivity contribution >= 4 is 0 Å². The topological polar surface area (TPSA) is 77.3 Å². The van der Waals surface area contributed by atoms with Crippen LogP contribution in [0.15, 0.2) is 146 Å². The van der Waals surface area contributed by atoms with E-state index in [1.54, 1.807) is 18.6 Å². The summed E-state index contributed by atoms with van der Waals surface area (Å²) in [5.74, 6) is 0. The fourth-order valence-corrected chi connectivity index (χ4v) is 4.92. The second-order valence-electron chi connectivity index (χ2n) is 9.73. The molecule has 6 nitrogen and oxygen atoms in total. The third kappa shape index (κ3) is 5.29. The average molecular weight is 541 g/mol. The molecule has 0 unspecified atom stereocenters. The van der Waals surface area contributed by atoms with Crippen molar-refractivity contribution in [1.29, 1.82) is 0 Å². The molecule has 0 saturated carbocycles. The largest absolute Gasteiger partial charge is 0.255 e. The predicted octanol–water partition coefficient (Wildman–Crippen LogP) is 8.06. The lowest BCUT2D eigenvalue weighted by Gasteiger charge is -2.13. The molecule has 0 aliphatic heterocycles. The van der Waals surface area contributed by atoms with Gasteiger partial charge in [-0.25, -0.2) is 0 Å². The smallest absolute Gasteiger partial charge is 0.0892 e. The van der Waals surface area contributed by atoms with Gasteiger partial charge >= 0.3 is 0 Å². The molecule has 0 aliphatic carbocycles. The molecule has 1 aromatic carbocycles. The second-order valence-corrected chi connectivity index (χ2v) is 9.73. The highest BCUT2D eigenvalue weighted by molar-refractivity contribution is 5.83. The first-order valence-corrected chi connectivity index (χ1v) is 13.6. The molecule has 6 aromatic heterocycles. The lowest BCUT2D eigenvalue weighted by molar-refractivity contribution is 1.24. The van der Waals surface area contributed by atoms with E-state index in [4.69, 9.17) is 0 Å². The summed E-state index contributed by atoms with van der Waals surface area (Å²) in [6, 6.07) is 36.5. The van der Waals surface area contributed by atoms with E-state index in [0.29, 0.717) is 0 Å². The van der Waals surface area contributed by atoms with Crippen molar-refractivity contribution in [3.8, 4) is 67.5 Å². The van der Waals surface area contributed by atoms with Crippen molar-refractivity contribution in [1.82, 2.24) is 29.9 Å². The van der Waals surface area contributed by atoms with Gasteiger partial charge in [-0.3, -0.25) is 29.9 Å². The lowest BCUT2D eigenvalue weighted by atomic mass is 9.93. The van der Waals surface area contributed by atoms with Gasteiger partial charge in [-0.15, -0.1) is 0 Å². The molecule has 0 amide bonds. The van der Waals surface area contributed by atoms with Crippen LogP contribution in [0.4, 0.5) is 0 Å². The average Bonchev–Trinajstić information content (AvgIpc) is 3.09. The molecule has 198 valence electrons. The van der Waals surface area contributed by atoms with Crippen molar-refractivity contribution < 1.29 is 0 Å². The van der Waals surface area contributed by atoms with Crippen LogP contribution >= 0.6 is 0 Å². The summed E-state index contributed by atoms with van der Waals surface area (Å²) >= 11 is 0. The van der Waals surface area contributed by atoms with E-state index in [1.807, 2.05) is 91.4 Å². The second kappa shape index (κ2) is 11.3. The van der Waals surface area contributed by atoms with E-state index in [9.17, 15) is 0 Å². The molecule has 7 rings (SSSR count). The Kier molecular flexibility index (Phi) is 6.76. The van der Waals surface area contributed by atoms with Gasteiger partial charge in [-0.1, -0.05) is 18.2 Å². The molecule has 0 spiro atoms. The van der Waals surface area contributed by atoms with Gasteiger partial charge in [-0.2, -0.15) is 0 Å². The van der Waals surface area contributed by atoms with Gasteiger partial charge in [0.05, 0.1) is 34.2 Å². The molecule has 0 radical (unpaired) electrons. The highest BCUT2D eigenvalue weighted by Crippen LogP contribution is 2.35. The molecular weight excluding hydrogens is 516 g/mol. The summed E-state index contributed by atoms with van der Waals surface area (Å²) in [4.78, 5) is 27.3. The van der Waals surface area contributed by atoms with Crippen LogP contribution in [-0.4, -0.2) is 29.9 Å². The van der Waals surface area contributed by atoms with Crippen molar-refractivity contribution in [3.63, 3.8) is 0 Å². The fraction of sp³-hybridized carbons (Fsp3) is 0. The Balaban J connectivity index is 1.38. The van der Waals surface area contributed by atoms with Crippen LogP contribution in [0.1, 0.15) is 0 Å². The quantitative estimate of drug-likeness (QED) is 0.212. The third-order valence-corrected chi connectivity index (χ3v) is 6.99. The maximum Gasteiger partial charge on any atom is 0.0892 e.